The standard InChI is InChI=1S/C14H18O6/c1-8-9-4-6-14(12(16)18-2,13(17)19-3)7-5-10(9)20-11(8)15/h9-10H,1,4-7H2,2-3H3/t9-,10-/m0/s1. The number of carbonyl (C=O) groups is 3. The zero-order valence-electron chi connectivity index (χ0n) is 11.6. The smallest absolute Gasteiger partial charge is 0.334 e. The SMILES string of the molecule is C=C1C(=O)O[C@H]2CCC(C(=O)OC)(C(=O)OC)CC[C@@H]12. The van der Waals surface area contributed by atoms with Gasteiger partial charge in [-0.2, -0.15) is 0 Å². The fourth-order valence-electron chi connectivity index (χ4n) is 3.09. The molecule has 6 heteroatoms. The summed E-state index contributed by atoms with van der Waals surface area (Å²) in [5, 5.41) is 0. The molecule has 2 fully saturated rings. The third kappa shape index (κ3) is 2.09. The van der Waals surface area contributed by atoms with Crippen LogP contribution in [0.2, 0.25) is 0 Å². The van der Waals surface area contributed by atoms with Gasteiger partial charge in [-0.1, -0.05) is 6.58 Å². The van der Waals surface area contributed by atoms with Crippen LogP contribution in [0.5, 0.6) is 0 Å². The molecule has 1 aliphatic carbocycles. The Morgan fingerprint density at radius 1 is 1.20 bits per heavy atom. The lowest BCUT2D eigenvalue weighted by Gasteiger charge is -2.26. The minimum absolute atomic E-state index is 0.140. The molecule has 110 valence electrons. The number of hydrogen-bond donors (Lipinski definition) is 0. The van der Waals surface area contributed by atoms with Crippen molar-refractivity contribution in [2.75, 3.05) is 14.2 Å². The Kier molecular flexibility index (Phi) is 3.83. The number of ether oxygens (including phenoxy) is 3. The zero-order chi connectivity index (χ0) is 14.9. The van der Waals surface area contributed by atoms with Crippen LogP contribution in [-0.4, -0.2) is 38.2 Å². The Balaban J connectivity index is 2.27. The lowest BCUT2D eigenvalue weighted by Crippen LogP contribution is -2.41. The van der Waals surface area contributed by atoms with Gasteiger partial charge in [0.2, 0.25) is 0 Å². The molecule has 20 heavy (non-hydrogen) atoms. The maximum atomic E-state index is 12.1. The molecule has 1 saturated heterocycles. The maximum absolute atomic E-state index is 12.1. The number of esters is 3. The van der Waals surface area contributed by atoms with Gasteiger partial charge in [-0.3, -0.25) is 9.59 Å². The van der Waals surface area contributed by atoms with E-state index in [1.54, 1.807) is 0 Å². The molecule has 0 N–H and O–H groups in total. The van der Waals surface area contributed by atoms with E-state index >= 15 is 0 Å². The fraction of sp³-hybridized carbons (Fsp3) is 0.643. The molecular weight excluding hydrogens is 264 g/mol. The molecule has 0 aromatic carbocycles. The van der Waals surface area contributed by atoms with Gasteiger partial charge < -0.3 is 14.2 Å². The minimum Gasteiger partial charge on any atom is -0.468 e. The molecule has 1 saturated carbocycles. The Morgan fingerprint density at radius 3 is 2.30 bits per heavy atom. The average molecular weight is 282 g/mol. The molecular formula is C14H18O6. The molecule has 1 heterocycles. The predicted octanol–water partition coefficient (Wildman–Crippen LogP) is 0.991. The van der Waals surface area contributed by atoms with E-state index in [0.29, 0.717) is 18.4 Å². The van der Waals surface area contributed by atoms with Crippen LogP contribution in [0.15, 0.2) is 12.2 Å². The first kappa shape index (κ1) is 14.6. The van der Waals surface area contributed by atoms with Crippen LogP contribution in [-0.2, 0) is 28.6 Å². The summed E-state index contributed by atoms with van der Waals surface area (Å²) in [6.45, 7) is 3.73. The third-order valence-electron chi connectivity index (χ3n) is 4.31. The van der Waals surface area contributed by atoms with E-state index in [-0.39, 0.29) is 30.8 Å². The maximum Gasteiger partial charge on any atom is 0.334 e. The first-order valence-electron chi connectivity index (χ1n) is 6.53. The highest BCUT2D eigenvalue weighted by molar-refractivity contribution is 6.00. The van der Waals surface area contributed by atoms with Crippen LogP contribution in [0.3, 0.4) is 0 Å². The molecule has 6 nitrogen and oxygen atoms in total. The molecule has 0 radical (unpaired) electrons. The highest BCUT2D eigenvalue weighted by atomic mass is 16.6. The number of rotatable bonds is 2. The summed E-state index contributed by atoms with van der Waals surface area (Å²) in [4.78, 5) is 35.6. The van der Waals surface area contributed by atoms with Crippen molar-refractivity contribution >= 4 is 17.9 Å². The van der Waals surface area contributed by atoms with Crippen molar-refractivity contribution in [3.05, 3.63) is 12.2 Å². The van der Waals surface area contributed by atoms with Crippen LogP contribution < -0.4 is 0 Å². The highest BCUT2D eigenvalue weighted by Crippen LogP contribution is 2.44. The highest BCUT2D eigenvalue weighted by Gasteiger charge is 2.53. The van der Waals surface area contributed by atoms with Crippen molar-refractivity contribution in [3.63, 3.8) is 0 Å². The summed E-state index contributed by atoms with van der Waals surface area (Å²) < 4.78 is 14.8. The molecule has 1 aliphatic heterocycles. The van der Waals surface area contributed by atoms with Crippen LogP contribution in [0.4, 0.5) is 0 Å². The number of methoxy groups -OCH3 is 2. The fourth-order valence-corrected chi connectivity index (χ4v) is 3.09. The van der Waals surface area contributed by atoms with E-state index < -0.39 is 17.4 Å². The van der Waals surface area contributed by atoms with Gasteiger partial charge in [0.25, 0.3) is 0 Å². The van der Waals surface area contributed by atoms with Gasteiger partial charge in [0.15, 0.2) is 5.41 Å². The van der Waals surface area contributed by atoms with Gasteiger partial charge in [0, 0.05) is 11.5 Å². The second-order valence-corrected chi connectivity index (χ2v) is 5.22. The van der Waals surface area contributed by atoms with Crippen LogP contribution in [0, 0.1) is 11.3 Å². The monoisotopic (exact) mass is 282 g/mol. The summed E-state index contributed by atoms with van der Waals surface area (Å²) in [6, 6.07) is 0. The van der Waals surface area contributed by atoms with Crippen LogP contribution in [0.25, 0.3) is 0 Å². The molecule has 2 rings (SSSR count). The van der Waals surface area contributed by atoms with Crippen molar-refractivity contribution in [3.8, 4) is 0 Å². The molecule has 0 aromatic heterocycles. The lowest BCUT2D eigenvalue weighted by atomic mass is 9.79. The van der Waals surface area contributed by atoms with E-state index in [4.69, 9.17) is 14.2 Å². The summed E-state index contributed by atoms with van der Waals surface area (Å²) in [6.07, 6.45) is 1.09. The van der Waals surface area contributed by atoms with Crippen LogP contribution >= 0.6 is 0 Å². The first-order chi connectivity index (χ1) is 9.46. The Bertz CT molecular complexity index is 450. The second-order valence-electron chi connectivity index (χ2n) is 5.22. The van der Waals surface area contributed by atoms with E-state index in [9.17, 15) is 14.4 Å². The molecule has 2 aliphatic rings. The summed E-state index contributed by atoms with van der Waals surface area (Å²) in [7, 11) is 2.50. The average Bonchev–Trinajstić information content (AvgIpc) is 2.64. The van der Waals surface area contributed by atoms with Crippen molar-refractivity contribution in [2.24, 2.45) is 11.3 Å². The number of fused-ring (bicyclic) bond motifs is 1. The quantitative estimate of drug-likeness (QED) is 0.325. The molecule has 0 bridgehead atoms. The second kappa shape index (κ2) is 5.26. The number of carbonyl (C=O) groups excluding carboxylic acids is 3. The Morgan fingerprint density at radius 2 is 1.75 bits per heavy atom. The molecule has 0 spiro atoms. The van der Waals surface area contributed by atoms with Crippen LogP contribution in [0.1, 0.15) is 25.7 Å². The Hall–Kier alpha value is -1.85. The normalized spacial score (nSPS) is 28.1. The predicted molar refractivity (Wildman–Crippen MR) is 67.4 cm³/mol. The van der Waals surface area contributed by atoms with Crippen molar-refractivity contribution in [2.45, 2.75) is 31.8 Å². The van der Waals surface area contributed by atoms with Crippen molar-refractivity contribution < 1.29 is 28.6 Å². The summed E-state index contributed by atoms with van der Waals surface area (Å²) in [5.41, 5.74) is -0.888. The van der Waals surface area contributed by atoms with Crippen molar-refractivity contribution in [1.82, 2.24) is 0 Å². The van der Waals surface area contributed by atoms with Gasteiger partial charge >= 0.3 is 17.9 Å². The van der Waals surface area contributed by atoms with E-state index in [1.165, 1.54) is 14.2 Å². The molecule has 0 aromatic rings. The largest absolute Gasteiger partial charge is 0.468 e. The lowest BCUT2D eigenvalue weighted by molar-refractivity contribution is -0.170. The third-order valence-corrected chi connectivity index (χ3v) is 4.31. The van der Waals surface area contributed by atoms with E-state index in [0.717, 1.165) is 0 Å². The first-order valence-corrected chi connectivity index (χ1v) is 6.53. The van der Waals surface area contributed by atoms with Gasteiger partial charge in [0.1, 0.15) is 6.10 Å². The molecule has 0 amide bonds. The Labute approximate surface area is 117 Å². The van der Waals surface area contributed by atoms with Gasteiger partial charge in [-0.25, -0.2) is 4.79 Å². The topological polar surface area (TPSA) is 78.9 Å². The molecule has 2 atom stereocenters. The van der Waals surface area contributed by atoms with Gasteiger partial charge in [0.05, 0.1) is 14.2 Å². The van der Waals surface area contributed by atoms with Gasteiger partial charge in [-0.05, 0) is 25.7 Å². The zero-order valence-corrected chi connectivity index (χ0v) is 11.6. The number of hydrogen-bond acceptors (Lipinski definition) is 6. The van der Waals surface area contributed by atoms with Crippen molar-refractivity contribution in [1.29, 1.82) is 0 Å². The summed E-state index contributed by atoms with van der Waals surface area (Å²) in [5.74, 6) is -1.72. The van der Waals surface area contributed by atoms with E-state index in [1.807, 2.05) is 0 Å². The van der Waals surface area contributed by atoms with E-state index in [2.05, 4.69) is 6.58 Å². The summed E-state index contributed by atoms with van der Waals surface area (Å²) >= 11 is 0. The molecule has 0 unspecified atom stereocenters. The van der Waals surface area contributed by atoms with Gasteiger partial charge in [-0.15, -0.1) is 0 Å². The minimum atomic E-state index is -1.31.